The number of allylic oxidation sites excluding steroid dienone is 2. The first kappa shape index (κ1) is 24.9. The molecule has 0 spiro atoms. The smallest absolute Gasteiger partial charge is 0.266 e. The average molecular weight is 479 g/mol. The number of rotatable bonds is 7. The van der Waals surface area contributed by atoms with Gasteiger partial charge in [0.05, 0.1) is 4.91 Å². The van der Waals surface area contributed by atoms with Crippen LogP contribution in [0.1, 0.15) is 45.2 Å². The molecule has 0 radical (unpaired) electrons. The van der Waals surface area contributed by atoms with Crippen molar-refractivity contribution in [2.75, 3.05) is 6.54 Å². The number of hydrogen-bond acceptors (Lipinski definition) is 4. The van der Waals surface area contributed by atoms with Crippen molar-refractivity contribution in [1.82, 2.24) is 9.80 Å². The number of thioether (sulfide) groups is 1. The molecule has 0 aromatic heterocycles. The highest BCUT2D eigenvalue weighted by atomic mass is 32.2. The summed E-state index contributed by atoms with van der Waals surface area (Å²) in [7, 11) is 0. The Morgan fingerprint density at radius 2 is 1.67 bits per heavy atom. The molecule has 0 unspecified atom stereocenters. The van der Waals surface area contributed by atoms with Gasteiger partial charge in [0.1, 0.15) is 4.32 Å². The Balaban J connectivity index is 1.66. The summed E-state index contributed by atoms with van der Waals surface area (Å²) in [4.78, 5) is 30.1. The number of carbonyl (C=O) groups is 2. The SMILES string of the molecule is CC(=Cc1ccccc1)C=C1SC(=S)N(CCC(=O)N(Cc2ccccc2)C(C)(C)C)C1=O. The average Bonchev–Trinajstić information content (AvgIpc) is 3.03. The highest BCUT2D eigenvalue weighted by Gasteiger charge is 2.33. The molecular weight excluding hydrogens is 448 g/mol. The molecule has 1 aliphatic rings. The van der Waals surface area contributed by atoms with Crippen LogP contribution in [0.4, 0.5) is 0 Å². The summed E-state index contributed by atoms with van der Waals surface area (Å²) in [6, 6.07) is 19.9. The molecule has 2 amide bonds. The molecule has 2 aromatic carbocycles. The van der Waals surface area contributed by atoms with E-state index in [0.29, 0.717) is 15.8 Å². The van der Waals surface area contributed by atoms with Gasteiger partial charge in [-0.05, 0) is 50.5 Å². The molecule has 4 nitrogen and oxygen atoms in total. The Hall–Kier alpha value is -2.70. The highest BCUT2D eigenvalue weighted by Crippen LogP contribution is 2.32. The van der Waals surface area contributed by atoms with E-state index >= 15 is 0 Å². The van der Waals surface area contributed by atoms with Gasteiger partial charge in [-0.15, -0.1) is 0 Å². The summed E-state index contributed by atoms with van der Waals surface area (Å²) in [5, 5.41) is 0. The Labute approximate surface area is 206 Å². The molecule has 33 heavy (non-hydrogen) atoms. The standard InChI is InChI=1S/C27H30N2O2S2/c1-20(17-21-11-7-5-8-12-21)18-23-25(31)28(26(32)33-23)16-15-24(30)29(27(2,3)4)19-22-13-9-6-10-14-22/h5-14,17-18H,15-16,19H2,1-4H3. The molecule has 0 atom stereocenters. The van der Waals surface area contributed by atoms with Crippen molar-refractivity contribution in [2.45, 2.75) is 46.2 Å². The lowest BCUT2D eigenvalue weighted by Crippen LogP contribution is -2.46. The van der Waals surface area contributed by atoms with Gasteiger partial charge < -0.3 is 4.90 Å². The molecule has 3 rings (SSSR count). The van der Waals surface area contributed by atoms with Crippen LogP contribution in [-0.4, -0.2) is 38.0 Å². The number of thiocarbonyl (C=S) groups is 1. The maximum atomic E-state index is 13.1. The van der Waals surface area contributed by atoms with Crippen molar-refractivity contribution < 1.29 is 9.59 Å². The third kappa shape index (κ3) is 6.89. The number of benzene rings is 2. The van der Waals surface area contributed by atoms with Gasteiger partial charge in [-0.1, -0.05) is 90.7 Å². The normalized spacial score (nSPS) is 15.9. The summed E-state index contributed by atoms with van der Waals surface area (Å²) in [5.74, 6) is -0.131. The fraction of sp³-hybridized carbons (Fsp3) is 0.296. The quantitative estimate of drug-likeness (QED) is 0.359. The molecule has 1 heterocycles. The predicted octanol–water partition coefficient (Wildman–Crippen LogP) is 6.05. The molecule has 2 aromatic rings. The van der Waals surface area contributed by atoms with E-state index < -0.39 is 0 Å². The summed E-state index contributed by atoms with van der Waals surface area (Å²) in [6.07, 6.45) is 4.12. The van der Waals surface area contributed by atoms with E-state index in [1.807, 2.05) is 105 Å². The molecular formula is C27H30N2O2S2. The lowest BCUT2D eigenvalue weighted by atomic mass is 10.0. The van der Waals surface area contributed by atoms with Gasteiger partial charge in [0.15, 0.2) is 0 Å². The second-order valence-electron chi connectivity index (χ2n) is 9.02. The fourth-order valence-corrected chi connectivity index (χ4v) is 4.92. The van der Waals surface area contributed by atoms with Gasteiger partial charge in [-0.3, -0.25) is 14.5 Å². The van der Waals surface area contributed by atoms with Crippen molar-refractivity contribution in [3.63, 3.8) is 0 Å². The second kappa shape index (κ2) is 10.9. The van der Waals surface area contributed by atoms with Crippen molar-refractivity contribution >= 4 is 46.2 Å². The summed E-state index contributed by atoms with van der Waals surface area (Å²) < 4.78 is 0.497. The predicted molar refractivity (Wildman–Crippen MR) is 141 cm³/mol. The van der Waals surface area contributed by atoms with Gasteiger partial charge >= 0.3 is 0 Å². The van der Waals surface area contributed by atoms with E-state index in [2.05, 4.69) is 0 Å². The minimum atomic E-state index is -0.332. The van der Waals surface area contributed by atoms with Gasteiger partial charge in [0.25, 0.3) is 5.91 Å². The highest BCUT2D eigenvalue weighted by molar-refractivity contribution is 8.26. The lowest BCUT2D eigenvalue weighted by molar-refractivity contribution is -0.137. The van der Waals surface area contributed by atoms with Crippen LogP contribution in [0, 0.1) is 0 Å². The number of carbonyl (C=O) groups excluding carboxylic acids is 2. The van der Waals surface area contributed by atoms with Crippen LogP contribution in [-0.2, 0) is 16.1 Å². The molecule has 0 N–H and O–H groups in total. The molecule has 1 saturated heterocycles. The minimum Gasteiger partial charge on any atom is -0.333 e. The van der Waals surface area contributed by atoms with E-state index in [9.17, 15) is 9.59 Å². The molecule has 172 valence electrons. The maximum absolute atomic E-state index is 13.1. The molecule has 1 fully saturated rings. The van der Waals surface area contributed by atoms with E-state index in [0.717, 1.165) is 16.7 Å². The Morgan fingerprint density at radius 3 is 2.27 bits per heavy atom. The number of amides is 2. The van der Waals surface area contributed by atoms with Crippen LogP contribution < -0.4 is 0 Å². The topological polar surface area (TPSA) is 40.6 Å². The van der Waals surface area contributed by atoms with Crippen LogP contribution >= 0.6 is 24.0 Å². The van der Waals surface area contributed by atoms with Gasteiger partial charge in [0, 0.05) is 25.0 Å². The summed E-state index contributed by atoms with van der Waals surface area (Å²) in [6.45, 7) is 8.86. The van der Waals surface area contributed by atoms with Crippen molar-refractivity contribution in [2.24, 2.45) is 0 Å². The molecule has 0 bridgehead atoms. The van der Waals surface area contributed by atoms with Crippen LogP contribution in [0.3, 0.4) is 0 Å². The van der Waals surface area contributed by atoms with E-state index in [1.54, 1.807) is 4.90 Å². The third-order valence-corrected chi connectivity index (χ3v) is 6.65. The van der Waals surface area contributed by atoms with Crippen LogP contribution in [0.15, 0.2) is 77.2 Å². The largest absolute Gasteiger partial charge is 0.333 e. The second-order valence-corrected chi connectivity index (χ2v) is 10.7. The van der Waals surface area contributed by atoms with Gasteiger partial charge in [-0.2, -0.15) is 0 Å². The molecule has 1 aliphatic heterocycles. The maximum Gasteiger partial charge on any atom is 0.266 e. The Kier molecular flexibility index (Phi) is 8.27. The number of hydrogen-bond donors (Lipinski definition) is 0. The zero-order valence-electron chi connectivity index (χ0n) is 19.6. The van der Waals surface area contributed by atoms with E-state index in [4.69, 9.17) is 12.2 Å². The van der Waals surface area contributed by atoms with Crippen LogP contribution in [0.2, 0.25) is 0 Å². The van der Waals surface area contributed by atoms with Gasteiger partial charge in [0.2, 0.25) is 5.91 Å². The van der Waals surface area contributed by atoms with Crippen LogP contribution in [0.5, 0.6) is 0 Å². The fourth-order valence-electron chi connectivity index (χ4n) is 3.56. The summed E-state index contributed by atoms with van der Waals surface area (Å²) in [5.41, 5.74) is 2.80. The number of nitrogens with zero attached hydrogens (tertiary/aromatic N) is 2. The van der Waals surface area contributed by atoms with Crippen molar-refractivity contribution in [1.29, 1.82) is 0 Å². The Morgan fingerprint density at radius 1 is 1.06 bits per heavy atom. The van der Waals surface area contributed by atoms with Gasteiger partial charge in [-0.25, -0.2) is 0 Å². The van der Waals surface area contributed by atoms with Crippen molar-refractivity contribution in [3.05, 3.63) is 88.3 Å². The Bertz CT molecular complexity index is 1070. The lowest BCUT2D eigenvalue weighted by Gasteiger charge is -2.36. The van der Waals surface area contributed by atoms with E-state index in [-0.39, 0.29) is 30.3 Å². The third-order valence-electron chi connectivity index (χ3n) is 5.27. The summed E-state index contributed by atoms with van der Waals surface area (Å²) >= 11 is 6.75. The minimum absolute atomic E-state index is 0.00420. The molecule has 0 aliphatic carbocycles. The molecule has 0 saturated carbocycles. The zero-order valence-corrected chi connectivity index (χ0v) is 21.2. The van der Waals surface area contributed by atoms with E-state index in [1.165, 1.54) is 11.8 Å². The zero-order chi connectivity index (χ0) is 24.0. The molecule has 6 heteroatoms. The first-order valence-corrected chi connectivity index (χ1v) is 12.2. The first-order chi connectivity index (χ1) is 15.6. The first-order valence-electron chi connectivity index (χ1n) is 11.0. The van der Waals surface area contributed by atoms with Crippen LogP contribution in [0.25, 0.3) is 6.08 Å². The van der Waals surface area contributed by atoms with Crippen molar-refractivity contribution in [3.8, 4) is 0 Å². The monoisotopic (exact) mass is 478 g/mol.